The summed E-state index contributed by atoms with van der Waals surface area (Å²) >= 11 is 0. The van der Waals surface area contributed by atoms with Crippen molar-refractivity contribution >= 4 is 51.0 Å². The highest BCUT2D eigenvalue weighted by molar-refractivity contribution is 7.85. The summed E-state index contributed by atoms with van der Waals surface area (Å²) in [6.45, 7) is 12.4. The van der Waals surface area contributed by atoms with E-state index < -0.39 is 56.2 Å². The summed E-state index contributed by atoms with van der Waals surface area (Å²) in [6.07, 6.45) is 4.65. The van der Waals surface area contributed by atoms with Gasteiger partial charge in [-0.15, -0.1) is 5.06 Å². The zero-order valence-electron chi connectivity index (χ0n) is 31.2. The van der Waals surface area contributed by atoms with Gasteiger partial charge in [-0.2, -0.15) is 8.42 Å². The molecule has 0 atom stereocenters. The molecular formula is C37H50N4O11S. The van der Waals surface area contributed by atoms with Crippen LogP contribution in [0.4, 0.5) is 5.69 Å². The molecule has 2 aromatic rings. The summed E-state index contributed by atoms with van der Waals surface area (Å²) in [4.78, 5) is 83.1. The van der Waals surface area contributed by atoms with Crippen LogP contribution in [0.25, 0.3) is 11.6 Å². The Bertz CT molecular complexity index is 1980. The van der Waals surface area contributed by atoms with E-state index in [1.165, 1.54) is 18.2 Å². The fourth-order valence-corrected chi connectivity index (χ4v) is 6.18. The van der Waals surface area contributed by atoms with E-state index in [-0.39, 0.29) is 63.0 Å². The van der Waals surface area contributed by atoms with Crippen LogP contribution in [0.1, 0.15) is 96.3 Å². The van der Waals surface area contributed by atoms with Gasteiger partial charge >= 0.3 is 11.7 Å². The Balaban J connectivity index is 1.98. The second-order valence-electron chi connectivity index (χ2n) is 13.8. The third kappa shape index (κ3) is 11.6. The Hall–Kier alpha value is -4.83. The molecule has 1 aliphatic rings. The standard InChI is InChI=1S/C37H50N4O11S/c1-7-38(8-2)27-15-17-28(25(3)23-27)26(24-30(42)37(4,5)6)14-16-29-34(46)39(36(48)40(35(29)47)21-12-22-53(49,50)51)20-11-9-10-13-33(45)52-41-31(43)18-19-32(41)44/h14-17,23-24,47H,7-13,18-22H2,1-6H3,(H,49,50,51)/b16-14+,26-24-. The van der Waals surface area contributed by atoms with Gasteiger partial charge in [0.25, 0.3) is 27.5 Å². The highest BCUT2D eigenvalue weighted by Gasteiger charge is 2.32. The van der Waals surface area contributed by atoms with Gasteiger partial charge in [0.05, 0.1) is 5.75 Å². The van der Waals surface area contributed by atoms with Crippen LogP contribution in [-0.4, -0.2) is 74.7 Å². The van der Waals surface area contributed by atoms with Crippen molar-refractivity contribution in [1.29, 1.82) is 0 Å². The van der Waals surface area contributed by atoms with Crippen LogP contribution in [0.3, 0.4) is 0 Å². The maximum absolute atomic E-state index is 13.8. The number of imide groups is 1. The molecule has 1 aliphatic heterocycles. The number of carbonyl (C=O) groups is 4. The number of amides is 2. The van der Waals surface area contributed by atoms with Crippen LogP contribution in [0, 0.1) is 12.3 Å². The highest BCUT2D eigenvalue weighted by Crippen LogP contribution is 2.28. The molecule has 2 N–H and O–H groups in total. The third-order valence-electron chi connectivity index (χ3n) is 8.78. The Morgan fingerprint density at radius 3 is 2.13 bits per heavy atom. The van der Waals surface area contributed by atoms with E-state index in [1.807, 2.05) is 39.0 Å². The van der Waals surface area contributed by atoms with Crippen molar-refractivity contribution in [3.8, 4) is 5.88 Å². The topological polar surface area (TPSA) is 203 Å². The van der Waals surface area contributed by atoms with E-state index in [0.717, 1.165) is 33.5 Å². The number of benzene rings is 1. The minimum absolute atomic E-state index is 0.0334. The molecule has 2 amide bonds. The normalized spacial score (nSPS) is 14.0. The monoisotopic (exact) mass is 758 g/mol. The predicted molar refractivity (Wildman–Crippen MR) is 200 cm³/mol. The molecule has 1 saturated heterocycles. The van der Waals surface area contributed by atoms with Gasteiger partial charge in [-0.1, -0.05) is 39.3 Å². The molecule has 0 unspecified atom stereocenters. The van der Waals surface area contributed by atoms with E-state index in [9.17, 15) is 46.8 Å². The quantitative estimate of drug-likeness (QED) is 0.0728. The number of rotatable bonds is 18. The van der Waals surface area contributed by atoms with Gasteiger partial charge < -0.3 is 14.8 Å². The summed E-state index contributed by atoms with van der Waals surface area (Å²) < 4.78 is 33.7. The molecule has 53 heavy (non-hydrogen) atoms. The van der Waals surface area contributed by atoms with Crippen LogP contribution in [0.5, 0.6) is 5.88 Å². The number of hydrogen-bond acceptors (Lipinski definition) is 11. The van der Waals surface area contributed by atoms with Crippen molar-refractivity contribution in [2.75, 3.05) is 23.7 Å². The summed E-state index contributed by atoms with van der Waals surface area (Å²) in [5.41, 5.74) is 0.233. The Morgan fingerprint density at radius 2 is 1.57 bits per heavy atom. The van der Waals surface area contributed by atoms with Gasteiger partial charge in [-0.05, 0) is 81.0 Å². The molecule has 0 bridgehead atoms. The largest absolute Gasteiger partial charge is 0.494 e. The van der Waals surface area contributed by atoms with E-state index in [2.05, 4.69) is 4.90 Å². The van der Waals surface area contributed by atoms with E-state index >= 15 is 0 Å². The summed E-state index contributed by atoms with van der Waals surface area (Å²) in [5.74, 6) is -3.58. The second kappa shape index (κ2) is 18.3. The molecule has 0 radical (unpaired) electrons. The summed E-state index contributed by atoms with van der Waals surface area (Å²) in [7, 11) is -4.38. The number of ketones is 1. The minimum Gasteiger partial charge on any atom is -0.494 e. The number of carbonyl (C=O) groups excluding carboxylic acids is 4. The number of hydroxylamine groups is 2. The predicted octanol–water partition coefficient (Wildman–Crippen LogP) is 4.03. The van der Waals surface area contributed by atoms with Gasteiger partial charge in [0.1, 0.15) is 5.56 Å². The molecule has 3 rings (SSSR count). The van der Waals surface area contributed by atoms with Crippen molar-refractivity contribution in [2.45, 2.75) is 99.6 Å². The maximum atomic E-state index is 13.8. The molecule has 0 spiro atoms. The van der Waals surface area contributed by atoms with E-state index in [0.29, 0.717) is 22.6 Å². The van der Waals surface area contributed by atoms with Crippen LogP contribution < -0.4 is 16.1 Å². The first-order valence-corrected chi connectivity index (χ1v) is 19.3. The average Bonchev–Trinajstić information content (AvgIpc) is 3.38. The molecule has 290 valence electrons. The molecule has 0 saturated carbocycles. The van der Waals surface area contributed by atoms with Gasteiger partial charge in [0.2, 0.25) is 5.88 Å². The lowest BCUT2D eigenvalue weighted by molar-refractivity contribution is -0.197. The second-order valence-corrected chi connectivity index (χ2v) is 15.4. The Kier molecular flexibility index (Phi) is 14.7. The van der Waals surface area contributed by atoms with E-state index in [1.54, 1.807) is 20.8 Å². The maximum Gasteiger partial charge on any atom is 0.333 e. The average molecular weight is 759 g/mol. The lowest BCUT2D eigenvalue weighted by Crippen LogP contribution is -2.41. The lowest BCUT2D eigenvalue weighted by Gasteiger charge is -2.22. The Morgan fingerprint density at radius 1 is 0.943 bits per heavy atom. The fourth-order valence-electron chi connectivity index (χ4n) is 5.68. The van der Waals surface area contributed by atoms with Crippen molar-refractivity contribution in [1.82, 2.24) is 14.2 Å². The molecule has 1 aromatic heterocycles. The van der Waals surface area contributed by atoms with Gasteiger partial charge in [-0.3, -0.25) is 32.9 Å². The number of aromatic nitrogens is 2. The highest BCUT2D eigenvalue weighted by atomic mass is 32.2. The number of allylic oxidation sites excluding steroid dienone is 3. The molecule has 1 fully saturated rings. The van der Waals surface area contributed by atoms with Gasteiger partial charge in [0.15, 0.2) is 5.78 Å². The van der Waals surface area contributed by atoms with E-state index in [4.69, 9.17) is 4.84 Å². The van der Waals surface area contributed by atoms with Crippen LogP contribution in [0.15, 0.2) is 39.9 Å². The van der Waals surface area contributed by atoms with Crippen molar-refractivity contribution in [2.24, 2.45) is 5.41 Å². The van der Waals surface area contributed by atoms with Crippen LogP contribution >= 0.6 is 0 Å². The Labute approximate surface area is 309 Å². The molecular weight excluding hydrogens is 708 g/mol. The molecule has 16 heteroatoms. The van der Waals surface area contributed by atoms with Crippen LogP contribution in [-0.2, 0) is 47.2 Å². The third-order valence-corrected chi connectivity index (χ3v) is 9.59. The van der Waals surface area contributed by atoms with Crippen molar-refractivity contribution < 1.29 is 42.1 Å². The number of unbranched alkanes of at least 4 members (excludes halogenated alkanes) is 2. The lowest BCUT2D eigenvalue weighted by atomic mass is 9.88. The fraction of sp³-hybridized carbons (Fsp3) is 0.514. The number of hydrogen-bond donors (Lipinski definition) is 2. The SMILES string of the molecule is CCN(CC)c1ccc(C(=C\C(=O)C(C)(C)C)/C=C/c2c(O)n(CCCS(=O)(=O)O)c(=O)n(CCCCCC(=O)ON3C(=O)CCC3=O)c2=O)c(C)c1. The van der Waals surface area contributed by atoms with Gasteiger partial charge in [0, 0.05) is 56.5 Å². The summed E-state index contributed by atoms with van der Waals surface area (Å²) in [5, 5.41) is 11.7. The number of nitrogens with zero attached hydrogens (tertiary/aromatic N) is 4. The van der Waals surface area contributed by atoms with Crippen LogP contribution in [0.2, 0.25) is 0 Å². The summed E-state index contributed by atoms with van der Waals surface area (Å²) in [6, 6.07) is 5.81. The first-order chi connectivity index (χ1) is 24.8. The molecule has 0 aliphatic carbocycles. The molecule has 15 nitrogen and oxygen atoms in total. The smallest absolute Gasteiger partial charge is 0.333 e. The number of anilines is 1. The number of aryl methyl sites for hydroxylation is 1. The zero-order chi connectivity index (χ0) is 39.7. The van der Waals surface area contributed by atoms with Crippen molar-refractivity contribution in [3.05, 3.63) is 67.9 Å². The number of aromatic hydroxyl groups is 1. The first kappa shape index (κ1) is 42.6. The van der Waals surface area contributed by atoms with Crippen molar-refractivity contribution in [3.63, 3.8) is 0 Å². The molecule has 1 aromatic carbocycles. The molecule has 2 heterocycles. The minimum atomic E-state index is -4.38. The zero-order valence-corrected chi connectivity index (χ0v) is 32.0. The first-order valence-electron chi connectivity index (χ1n) is 17.7. The van der Waals surface area contributed by atoms with Gasteiger partial charge in [-0.25, -0.2) is 9.59 Å².